The van der Waals surface area contributed by atoms with Crippen LogP contribution in [-0.4, -0.2) is 33.1 Å². The molecule has 0 spiro atoms. The van der Waals surface area contributed by atoms with Gasteiger partial charge in [-0.25, -0.2) is 0 Å². The first-order valence-corrected chi connectivity index (χ1v) is 8.77. The van der Waals surface area contributed by atoms with E-state index in [4.69, 9.17) is 0 Å². The van der Waals surface area contributed by atoms with Crippen LogP contribution in [0, 0.1) is 11.8 Å². The summed E-state index contributed by atoms with van der Waals surface area (Å²) in [7, 11) is 0. The Hall–Kier alpha value is -0.900. The molecule has 0 radical (unpaired) electrons. The second-order valence-corrected chi connectivity index (χ2v) is 7.43. The van der Waals surface area contributed by atoms with Gasteiger partial charge in [0.2, 0.25) is 0 Å². The molecule has 3 N–H and O–H groups in total. The van der Waals surface area contributed by atoms with Gasteiger partial charge in [0.1, 0.15) is 0 Å². The van der Waals surface area contributed by atoms with Crippen LogP contribution in [0.4, 0.5) is 0 Å². The molecule has 0 heterocycles. The van der Waals surface area contributed by atoms with Crippen molar-refractivity contribution in [3.8, 4) is 0 Å². The molecule has 4 atom stereocenters. The van der Waals surface area contributed by atoms with Crippen molar-refractivity contribution in [2.24, 2.45) is 11.8 Å². The van der Waals surface area contributed by atoms with Crippen LogP contribution in [0.2, 0.25) is 0 Å². The number of rotatable bonds is 1. The smallest absolute Gasteiger partial charge is 0.0878 e. The van der Waals surface area contributed by atoms with Gasteiger partial charge in [-0.2, -0.15) is 0 Å². The standard InChI is InChI=1S/C20H34O3/c1-14(2)20(23)12-11-15(3)7-6-8-16(4)18(21)10-9-17(5)19(22)13-20/h8-9,11-12,14-15,18-19,21-23H,6-7,10,13H2,1-5H3/b12-11+,16-8+,17-9+/t15-,18-,19+,20+/m0/s1. The van der Waals surface area contributed by atoms with Crippen molar-refractivity contribution in [1.82, 2.24) is 0 Å². The summed E-state index contributed by atoms with van der Waals surface area (Å²) in [5.74, 6) is 0.368. The van der Waals surface area contributed by atoms with E-state index < -0.39 is 17.8 Å². The summed E-state index contributed by atoms with van der Waals surface area (Å²) in [6.45, 7) is 9.88. The maximum absolute atomic E-state index is 10.9. The minimum atomic E-state index is -1.02. The van der Waals surface area contributed by atoms with Gasteiger partial charge in [-0.05, 0) is 56.1 Å². The van der Waals surface area contributed by atoms with Crippen LogP contribution in [0.1, 0.15) is 60.3 Å². The lowest BCUT2D eigenvalue weighted by Gasteiger charge is -2.32. The highest BCUT2D eigenvalue weighted by Gasteiger charge is 2.31. The average Bonchev–Trinajstić information content (AvgIpc) is 2.48. The van der Waals surface area contributed by atoms with E-state index in [0.717, 1.165) is 24.0 Å². The lowest BCUT2D eigenvalue weighted by Crippen LogP contribution is -2.37. The summed E-state index contributed by atoms with van der Waals surface area (Å²) >= 11 is 0. The first-order valence-electron chi connectivity index (χ1n) is 8.77. The third kappa shape index (κ3) is 6.25. The molecule has 1 rings (SSSR count). The first-order chi connectivity index (χ1) is 10.7. The molecule has 0 saturated carbocycles. The predicted molar refractivity (Wildman–Crippen MR) is 96.1 cm³/mol. The normalized spacial score (nSPS) is 40.7. The molecule has 0 saturated heterocycles. The Bertz CT molecular complexity index is 462. The maximum atomic E-state index is 10.9. The van der Waals surface area contributed by atoms with Crippen LogP contribution in [0.25, 0.3) is 0 Å². The van der Waals surface area contributed by atoms with E-state index in [-0.39, 0.29) is 12.3 Å². The van der Waals surface area contributed by atoms with Crippen LogP contribution in [0.15, 0.2) is 35.5 Å². The molecule has 0 aromatic heterocycles. The van der Waals surface area contributed by atoms with Crippen LogP contribution in [0.3, 0.4) is 0 Å². The van der Waals surface area contributed by atoms with Crippen molar-refractivity contribution in [2.75, 3.05) is 0 Å². The van der Waals surface area contributed by atoms with E-state index in [0.29, 0.717) is 12.3 Å². The second kappa shape index (κ2) is 8.81. The van der Waals surface area contributed by atoms with Crippen LogP contribution in [-0.2, 0) is 0 Å². The molecule has 3 nitrogen and oxygen atoms in total. The molecule has 0 bridgehead atoms. The number of hydrogen-bond acceptors (Lipinski definition) is 3. The molecule has 0 fully saturated rings. The van der Waals surface area contributed by atoms with Crippen molar-refractivity contribution in [2.45, 2.75) is 78.1 Å². The molecule has 0 aromatic carbocycles. The molecule has 0 aliphatic heterocycles. The SMILES string of the molecule is C/C1=C\C[C@H](O)/C(C)=C/CC[C@H](C)/C=C/[C@](O)(C(C)C)C[C@H]1O. The second-order valence-electron chi connectivity index (χ2n) is 7.43. The Morgan fingerprint density at radius 2 is 1.70 bits per heavy atom. The molecule has 132 valence electrons. The summed E-state index contributed by atoms with van der Waals surface area (Å²) in [5, 5.41) is 31.5. The average molecular weight is 322 g/mol. The van der Waals surface area contributed by atoms with Gasteiger partial charge in [0.25, 0.3) is 0 Å². The van der Waals surface area contributed by atoms with Crippen LogP contribution in [0.5, 0.6) is 0 Å². The summed E-state index contributed by atoms with van der Waals surface area (Å²) in [6.07, 6.45) is 9.36. The van der Waals surface area contributed by atoms with Gasteiger partial charge in [0.05, 0.1) is 17.8 Å². The summed E-state index contributed by atoms with van der Waals surface area (Å²) in [5.41, 5.74) is 0.766. The third-order valence-electron chi connectivity index (χ3n) is 5.04. The number of allylic oxidation sites excluding steroid dienone is 2. The monoisotopic (exact) mass is 322 g/mol. The Balaban J connectivity index is 3.08. The zero-order valence-corrected chi connectivity index (χ0v) is 15.3. The minimum Gasteiger partial charge on any atom is -0.389 e. The van der Waals surface area contributed by atoms with Gasteiger partial charge in [0.15, 0.2) is 0 Å². The van der Waals surface area contributed by atoms with E-state index in [1.807, 2.05) is 39.8 Å². The fourth-order valence-electron chi connectivity index (χ4n) is 2.72. The lowest BCUT2D eigenvalue weighted by atomic mass is 9.82. The third-order valence-corrected chi connectivity index (χ3v) is 5.04. The van der Waals surface area contributed by atoms with E-state index in [1.54, 1.807) is 0 Å². The molecule has 23 heavy (non-hydrogen) atoms. The topological polar surface area (TPSA) is 60.7 Å². The summed E-state index contributed by atoms with van der Waals surface area (Å²) in [4.78, 5) is 0. The van der Waals surface area contributed by atoms with Gasteiger partial charge in [-0.1, -0.05) is 45.1 Å². The highest BCUT2D eigenvalue weighted by Crippen LogP contribution is 2.28. The van der Waals surface area contributed by atoms with E-state index in [9.17, 15) is 15.3 Å². The largest absolute Gasteiger partial charge is 0.389 e. The molecular formula is C20H34O3. The highest BCUT2D eigenvalue weighted by molar-refractivity contribution is 5.15. The van der Waals surface area contributed by atoms with Gasteiger partial charge in [-0.15, -0.1) is 0 Å². The van der Waals surface area contributed by atoms with Crippen molar-refractivity contribution < 1.29 is 15.3 Å². The number of hydrogen-bond donors (Lipinski definition) is 3. The van der Waals surface area contributed by atoms with E-state index in [1.165, 1.54) is 0 Å². The van der Waals surface area contributed by atoms with Crippen molar-refractivity contribution in [1.29, 1.82) is 0 Å². The molecule has 1 aliphatic carbocycles. The Kier molecular flexibility index (Phi) is 7.72. The Morgan fingerprint density at radius 3 is 2.30 bits per heavy atom. The lowest BCUT2D eigenvalue weighted by molar-refractivity contribution is 0.00149. The van der Waals surface area contributed by atoms with Crippen molar-refractivity contribution in [3.05, 3.63) is 35.5 Å². The van der Waals surface area contributed by atoms with Gasteiger partial charge in [-0.3, -0.25) is 0 Å². The highest BCUT2D eigenvalue weighted by atomic mass is 16.3. The summed E-state index contributed by atoms with van der Waals surface area (Å²) < 4.78 is 0. The van der Waals surface area contributed by atoms with Crippen molar-refractivity contribution in [3.63, 3.8) is 0 Å². The van der Waals surface area contributed by atoms with Crippen LogP contribution >= 0.6 is 0 Å². The zero-order chi connectivity index (χ0) is 17.6. The molecular weight excluding hydrogens is 288 g/mol. The molecule has 3 heteroatoms. The van der Waals surface area contributed by atoms with Gasteiger partial charge < -0.3 is 15.3 Å². The Morgan fingerprint density at radius 1 is 1.09 bits per heavy atom. The maximum Gasteiger partial charge on any atom is 0.0878 e. The molecule has 1 aliphatic rings. The minimum absolute atomic E-state index is 0.0223. The van der Waals surface area contributed by atoms with Crippen molar-refractivity contribution >= 4 is 0 Å². The first kappa shape index (κ1) is 20.1. The Labute approximate surface area is 141 Å². The van der Waals surface area contributed by atoms with Gasteiger partial charge in [0, 0.05) is 6.42 Å². The fourth-order valence-corrected chi connectivity index (χ4v) is 2.72. The van der Waals surface area contributed by atoms with Crippen LogP contribution < -0.4 is 0 Å². The summed E-state index contributed by atoms with van der Waals surface area (Å²) in [6, 6.07) is 0. The molecule has 0 aromatic rings. The molecule has 0 amide bonds. The number of aliphatic hydroxyl groups is 3. The molecule has 0 unspecified atom stereocenters. The van der Waals surface area contributed by atoms with E-state index >= 15 is 0 Å². The quantitative estimate of drug-likeness (QED) is 0.644. The zero-order valence-electron chi connectivity index (χ0n) is 15.3. The predicted octanol–water partition coefficient (Wildman–Crippen LogP) is 3.75. The fraction of sp³-hybridized carbons (Fsp3) is 0.700. The number of aliphatic hydroxyl groups excluding tert-OH is 2. The van der Waals surface area contributed by atoms with E-state index in [2.05, 4.69) is 19.1 Å². The van der Waals surface area contributed by atoms with Gasteiger partial charge >= 0.3 is 0 Å².